The SMILES string of the molecule is Cc1ccc(S(=O)(=O)OC=CS(=O)(=O)C=COS(=O)(=O)c2ccc(C)cc2)cc1. The Balaban J connectivity index is 2.03. The van der Waals surface area contributed by atoms with Gasteiger partial charge in [0.25, 0.3) is 0 Å². The first kappa shape index (κ1) is 22.7. The first-order valence-electron chi connectivity index (χ1n) is 7.99. The molecule has 0 aliphatic heterocycles. The lowest BCUT2D eigenvalue weighted by Gasteiger charge is -2.03. The Labute approximate surface area is 170 Å². The number of benzene rings is 2. The van der Waals surface area contributed by atoms with E-state index >= 15 is 0 Å². The molecule has 0 spiro atoms. The molecule has 0 saturated carbocycles. The third kappa shape index (κ3) is 6.73. The summed E-state index contributed by atoms with van der Waals surface area (Å²) in [5.41, 5.74) is 1.68. The molecule has 0 unspecified atom stereocenters. The van der Waals surface area contributed by atoms with Gasteiger partial charge in [-0.15, -0.1) is 0 Å². The van der Waals surface area contributed by atoms with E-state index in [2.05, 4.69) is 8.37 Å². The van der Waals surface area contributed by atoms with E-state index in [4.69, 9.17) is 0 Å². The Morgan fingerprint density at radius 1 is 0.586 bits per heavy atom. The van der Waals surface area contributed by atoms with E-state index in [-0.39, 0.29) is 9.79 Å². The van der Waals surface area contributed by atoms with Crippen LogP contribution in [0.15, 0.2) is 81.7 Å². The Morgan fingerprint density at radius 2 is 0.897 bits per heavy atom. The number of aryl methyl sites for hydroxylation is 2. The van der Waals surface area contributed by atoms with Crippen molar-refractivity contribution < 1.29 is 33.6 Å². The van der Waals surface area contributed by atoms with Crippen LogP contribution in [0.5, 0.6) is 0 Å². The van der Waals surface area contributed by atoms with Crippen LogP contribution in [0.4, 0.5) is 0 Å². The second-order valence-electron chi connectivity index (χ2n) is 5.86. The van der Waals surface area contributed by atoms with Crippen molar-refractivity contribution in [1.29, 1.82) is 0 Å². The number of hydrogen-bond donors (Lipinski definition) is 0. The smallest absolute Gasteiger partial charge is 0.338 e. The highest BCUT2D eigenvalue weighted by atomic mass is 32.2. The molecule has 0 bridgehead atoms. The molecule has 0 aromatic heterocycles. The Bertz CT molecular complexity index is 1130. The molecule has 11 heteroatoms. The second kappa shape index (κ2) is 8.80. The molecule has 0 amide bonds. The summed E-state index contributed by atoms with van der Waals surface area (Å²) in [5, 5.41) is 0.911. The van der Waals surface area contributed by atoms with E-state index in [0.717, 1.165) is 11.1 Å². The number of sulfone groups is 1. The predicted octanol–water partition coefficient (Wildman–Crippen LogP) is 2.77. The average Bonchev–Trinajstić information content (AvgIpc) is 2.61. The second-order valence-corrected chi connectivity index (χ2v) is 10.7. The molecule has 0 aliphatic carbocycles. The Morgan fingerprint density at radius 3 is 1.21 bits per heavy atom. The van der Waals surface area contributed by atoms with Crippen LogP contribution in [0, 0.1) is 13.8 Å². The molecule has 2 aromatic carbocycles. The van der Waals surface area contributed by atoms with Gasteiger partial charge in [0.2, 0.25) is 0 Å². The van der Waals surface area contributed by atoms with Crippen molar-refractivity contribution in [3.8, 4) is 0 Å². The normalized spacial score (nSPS) is 13.0. The molecule has 8 nitrogen and oxygen atoms in total. The van der Waals surface area contributed by atoms with Gasteiger partial charge in [0, 0.05) is 0 Å². The van der Waals surface area contributed by atoms with E-state index < -0.39 is 30.1 Å². The third-order valence-electron chi connectivity index (χ3n) is 3.47. The van der Waals surface area contributed by atoms with Crippen molar-refractivity contribution in [2.75, 3.05) is 0 Å². The van der Waals surface area contributed by atoms with Gasteiger partial charge in [-0.1, -0.05) is 35.4 Å². The molecule has 29 heavy (non-hydrogen) atoms. The van der Waals surface area contributed by atoms with Crippen molar-refractivity contribution in [3.05, 3.63) is 83.0 Å². The fraction of sp³-hybridized carbons (Fsp3) is 0.111. The maximum Gasteiger partial charge on any atom is 0.338 e. The highest BCUT2D eigenvalue weighted by molar-refractivity contribution is 7.97. The maximum atomic E-state index is 12.0. The van der Waals surface area contributed by atoms with Crippen LogP contribution in [0.3, 0.4) is 0 Å². The minimum Gasteiger partial charge on any atom is -0.386 e. The highest BCUT2D eigenvalue weighted by Gasteiger charge is 2.15. The lowest BCUT2D eigenvalue weighted by atomic mass is 10.2. The van der Waals surface area contributed by atoms with Gasteiger partial charge in [-0.25, -0.2) is 8.42 Å². The van der Waals surface area contributed by atoms with E-state index in [1.807, 2.05) is 0 Å². The van der Waals surface area contributed by atoms with E-state index in [0.29, 0.717) is 23.3 Å². The summed E-state index contributed by atoms with van der Waals surface area (Å²) in [7, 11) is -12.5. The lowest BCUT2D eigenvalue weighted by Crippen LogP contribution is -2.03. The standard InChI is InChI=1S/C18H18O8S3/c1-15-3-7-17(8-4-15)28(21,22)25-11-13-27(19,20)14-12-26-29(23,24)18-9-5-16(2)6-10-18/h3-14H,1-2H3. The summed E-state index contributed by atoms with van der Waals surface area (Å²) >= 11 is 0. The molecule has 0 fully saturated rings. The van der Waals surface area contributed by atoms with Gasteiger partial charge in [0.05, 0.1) is 10.8 Å². The van der Waals surface area contributed by atoms with Crippen molar-refractivity contribution >= 4 is 30.1 Å². The van der Waals surface area contributed by atoms with Crippen LogP contribution in [0.2, 0.25) is 0 Å². The molecule has 0 aliphatic rings. The summed E-state index contributed by atoms with van der Waals surface area (Å²) in [5.74, 6) is 0. The van der Waals surface area contributed by atoms with Crippen LogP contribution in [0.1, 0.15) is 11.1 Å². The quantitative estimate of drug-likeness (QED) is 0.437. The van der Waals surface area contributed by atoms with Crippen molar-refractivity contribution in [1.82, 2.24) is 0 Å². The van der Waals surface area contributed by atoms with Gasteiger partial charge in [-0.3, -0.25) is 0 Å². The van der Waals surface area contributed by atoms with Gasteiger partial charge in [-0.05, 0) is 38.1 Å². The lowest BCUT2D eigenvalue weighted by molar-refractivity contribution is 0.443. The zero-order valence-corrected chi connectivity index (χ0v) is 17.9. The van der Waals surface area contributed by atoms with Gasteiger partial charge in [-0.2, -0.15) is 16.8 Å². The molecule has 2 aromatic rings. The first-order chi connectivity index (χ1) is 13.4. The van der Waals surface area contributed by atoms with Crippen LogP contribution in [-0.4, -0.2) is 25.3 Å². The minimum absolute atomic E-state index is 0.145. The van der Waals surface area contributed by atoms with E-state index in [1.54, 1.807) is 38.1 Å². The molecule has 156 valence electrons. The summed E-state index contributed by atoms with van der Waals surface area (Å²) < 4.78 is 80.6. The first-order valence-corrected chi connectivity index (χ1v) is 12.4. The molecule has 0 heterocycles. The average molecular weight is 459 g/mol. The van der Waals surface area contributed by atoms with Gasteiger partial charge in [0.1, 0.15) is 22.3 Å². The van der Waals surface area contributed by atoms with E-state index in [1.165, 1.54) is 24.3 Å². The van der Waals surface area contributed by atoms with Gasteiger partial charge < -0.3 is 8.37 Å². The molecule has 0 atom stereocenters. The molecule has 0 radical (unpaired) electrons. The predicted molar refractivity (Wildman–Crippen MR) is 106 cm³/mol. The van der Waals surface area contributed by atoms with Crippen LogP contribution >= 0.6 is 0 Å². The van der Waals surface area contributed by atoms with Crippen LogP contribution < -0.4 is 0 Å². The topological polar surface area (TPSA) is 121 Å². The molecular weight excluding hydrogens is 440 g/mol. The number of hydrogen-bond acceptors (Lipinski definition) is 8. The summed E-state index contributed by atoms with van der Waals surface area (Å²) in [6.07, 6.45) is 0.951. The summed E-state index contributed by atoms with van der Waals surface area (Å²) in [6, 6.07) is 11.5. The summed E-state index contributed by atoms with van der Waals surface area (Å²) in [6.45, 7) is 3.55. The monoisotopic (exact) mass is 458 g/mol. The third-order valence-corrected chi connectivity index (χ3v) is 6.88. The maximum absolute atomic E-state index is 12.0. The van der Waals surface area contributed by atoms with Gasteiger partial charge >= 0.3 is 20.2 Å². The molecule has 2 rings (SSSR count). The van der Waals surface area contributed by atoms with Gasteiger partial charge in [0.15, 0.2) is 9.84 Å². The van der Waals surface area contributed by atoms with Crippen LogP contribution in [0.25, 0.3) is 0 Å². The van der Waals surface area contributed by atoms with Crippen molar-refractivity contribution in [2.24, 2.45) is 0 Å². The Hall–Kier alpha value is -2.63. The van der Waals surface area contributed by atoms with Crippen molar-refractivity contribution in [2.45, 2.75) is 23.6 Å². The van der Waals surface area contributed by atoms with Crippen molar-refractivity contribution in [3.63, 3.8) is 0 Å². The largest absolute Gasteiger partial charge is 0.386 e. The minimum atomic E-state index is -4.19. The molecule has 0 N–H and O–H groups in total. The summed E-state index contributed by atoms with van der Waals surface area (Å²) in [4.78, 5) is -0.290. The highest BCUT2D eigenvalue weighted by Crippen LogP contribution is 2.15. The molecule has 0 saturated heterocycles. The fourth-order valence-corrected chi connectivity index (χ4v) is 4.13. The Kier molecular flexibility index (Phi) is 6.88. The fourth-order valence-electron chi connectivity index (χ4n) is 1.91. The zero-order valence-electron chi connectivity index (χ0n) is 15.4. The zero-order chi connectivity index (χ0) is 21.7. The van der Waals surface area contributed by atoms with E-state index in [9.17, 15) is 25.3 Å². The van der Waals surface area contributed by atoms with Crippen LogP contribution in [-0.2, 0) is 38.4 Å². The molecular formula is C18H18O8S3. The number of rotatable bonds is 8.